The Kier molecular flexibility index (Phi) is 5.90. The summed E-state index contributed by atoms with van der Waals surface area (Å²) in [5.74, 6) is 1.73. The van der Waals surface area contributed by atoms with Crippen LogP contribution in [0.25, 0.3) is 10.9 Å². The SMILES string of the molecule is CCCN(Cc1nc2cc(Cl)ccc2c(=O)[nH]1)C(=O)Cc1ccc2c(c1)OCCO2. The van der Waals surface area contributed by atoms with E-state index in [1.54, 1.807) is 23.1 Å². The molecule has 0 aliphatic carbocycles. The number of carbonyl (C=O) groups excluding carboxylic acids is 1. The van der Waals surface area contributed by atoms with E-state index in [0.29, 0.717) is 53.0 Å². The van der Waals surface area contributed by atoms with Gasteiger partial charge in [-0.25, -0.2) is 4.98 Å². The Balaban J connectivity index is 1.54. The average molecular weight is 428 g/mol. The van der Waals surface area contributed by atoms with E-state index < -0.39 is 0 Å². The van der Waals surface area contributed by atoms with Crippen LogP contribution in [0.1, 0.15) is 24.7 Å². The summed E-state index contributed by atoms with van der Waals surface area (Å²) in [6, 6.07) is 10.5. The number of aromatic nitrogens is 2. The highest BCUT2D eigenvalue weighted by atomic mass is 35.5. The third kappa shape index (κ3) is 4.41. The minimum Gasteiger partial charge on any atom is -0.486 e. The molecule has 1 aliphatic rings. The number of aromatic amines is 1. The first-order chi connectivity index (χ1) is 14.5. The number of hydrogen-bond acceptors (Lipinski definition) is 5. The van der Waals surface area contributed by atoms with Crippen molar-refractivity contribution in [1.82, 2.24) is 14.9 Å². The van der Waals surface area contributed by atoms with Crippen LogP contribution in [-0.2, 0) is 17.8 Å². The summed E-state index contributed by atoms with van der Waals surface area (Å²) in [4.78, 5) is 34.3. The molecule has 1 aromatic heterocycles. The maximum absolute atomic E-state index is 13.0. The first kappa shape index (κ1) is 20.2. The van der Waals surface area contributed by atoms with Crippen molar-refractivity contribution in [2.24, 2.45) is 0 Å². The number of nitrogens with zero attached hydrogens (tertiary/aromatic N) is 2. The minimum atomic E-state index is -0.248. The van der Waals surface area contributed by atoms with Crippen LogP contribution in [0.4, 0.5) is 0 Å². The molecule has 0 bridgehead atoms. The van der Waals surface area contributed by atoms with Gasteiger partial charge in [0.25, 0.3) is 5.56 Å². The van der Waals surface area contributed by atoms with Crippen molar-refractivity contribution in [3.8, 4) is 11.5 Å². The van der Waals surface area contributed by atoms with Crippen molar-refractivity contribution in [1.29, 1.82) is 0 Å². The first-order valence-corrected chi connectivity index (χ1v) is 10.3. The Morgan fingerprint density at radius 3 is 2.77 bits per heavy atom. The lowest BCUT2D eigenvalue weighted by atomic mass is 10.1. The zero-order valence-electron chi connectivity index (χ0n) is 16.6. The third-order valence-corrected chi connectivity index (χ3v) is 5.10. The van der Waals surface area contributed by atoms with E-state index >= 15 is 0 Å². The Morgan fingerprint density at radius 2 is 1.97 bits per heavy atom. The van der Waals surface area contributed by atoms with E-state index in [1.807, 2.05) is 25.1 Å². The molecule has 30 heavy (non-hydrogen) atoms. The van der Waals surface area contributed by atoms with Gasteiger partial charge >= 0.3 is 0 Å². The van der Waals surface area contributed by atoms with Crippen molar-refractivity contribution in [3.05, 3.63) is 63.2 Å². The monoisotopic (exact) mass is 427 g/mol. The maximum Gasteiger partial charge on any atom is 0.258 e. The Bertz CT molecular complexity index is 1140. The van der Waals surface area contributed by atoms with Gasteiger partial charge in [0.15, 0.2) is 11.5 Å². The molecular weight excluding hydrogens is 406 g/mol. The molecule has 8 heteroatoms. The van der Waals surface area contributed by atoms with E-state index in [1.165, 1.54) is 0 Å². The lowest BCUT2D eigenvalue weighted by Gasteiger charge is -2.23. The van der Waals surface area contributed by atoms with Crippen molar-refractivity contribution < 1.29 is 14.3 Å². The molecule has 0 atom stereocenters. The van der Waals surface area contributed by atoms with Gasteiger partial charge < -0.3 is 19.4 Å². The smallest absolute Gasteiger partial charge is 0.258 e. The lowest BCUT2D eigenvalue weighted by molar-refractivity contribution is -0.131. The Hall–Kier alpha value is -3.06. The minimum absolute atomic E-state index is 0.0534. The van der Waals surface area contributed by atoms with Gasteiger partial charge in [0, 0.05) is 11.6 Å². The predicted octanol–water partition coefficient (Wildman–Crippen LogP) is 3.33. The molecule has 7 nitrogen and oxygen atoms in total. The fourth-order valence-corrected chi connectivity index (χ4v) is 3.63. The van der Waals surface area contributed by atoms with Gasteiger partial charge in [-0.3, -0.25) is 9.59 Å². The van der Waals surface area contributed by atoms with Gasteiger partial charge in [-0.15, -0.1) is 0 Å². The molecule has 1 aliphatic heterocycles. The van der Waals surface area contributed by atoms with E-state index in [-0.39, 0.29) is 24.4 Å². The molecule has 3 aromatic rings. The number of halogens is 1. The van der Waals surface area contributed by atoms with Crippen LogP contribution >= 0.6 is 11.6 Å². The van der Waals surface area contributed by atoms with E-state index in [2.05, 4.69) is 9.97 Å². The topological polar surface area (TPSA) is 84.5 Å². The van der Waals surface area contributed by atoms with Crippen LogP contribution < -0.4 is 15.0 Å². The third-order valence-electron chi connectivity index (χ3n) is 4.87. The number of carbonyl (C=O) groups is 1. The van der Waals surface area contributed by atoms with Gasteiger partial charge in [0.2, 0.25) is 5.91 Å². The summed E-state index contributed by atoms with van der Waals surface area (Å²) in [5, 5.41) is 0.972. The van der Waals surface area contributed by atoms with E-state index in [9.17, 15) is 9.59 Å². The molecule has 0 saturated heterocycles. The second-order valence-corrected chi connectivity index (χ2v) is 7.58. The second kappa shape index (κ2) is 8.75. The molecule has 1 N–H and O–H groups in total. The molecular formula is C22H22ClN3O4. The molecule has 2 aromatic carbocycles. The highest BCUT2D eigenvalue weighted by molar-refractivity contribution is 6.31. The van der Waals surface area contributed by atoms with Crippen LogP contribution in [0.3, 0.4) is 0 Å². The molecule has 156 valence electrons. The first-order valence-electron chi connectivity index (χ1n) is 9.88. The lowest BCUT2D eigenvalue weighted by Crippen LogP contribution is -2.34. The summed E-state index contributed by atoms with van der Waals surface area (Å²) in [5.41, 5.74) is 1.11. The van der Waals surface area contributed by atoms with Gasteiger partial charge in [0.1, 0.15) is 19.0 Å². The number of fused-ring (bicyclic) bond motifs is 2. The van der Waals surface area contributed by atoms with Crippen molar-refractivity contribution in [2.75, 3.05) is 19.8 Å². The standard InChI is InChI=1S/C22H22ClN3O4/c1-2-7-26(13-20-24-17-12-15(23)4-5-16(17)22(28)25-20)21(27)11-14-3-6-18-19(10-14)30-9-8-29-18/h3-6,10,12H,2,7-9,11,13H2,1H3,(H,24,25,28). The highest BCUT2D eigenvalue weighted by Gasteiger charge is 2.18. The van der Waals surface area contributed by atoms with Gasteiger partial charge in [-0.05, 0) is 42.3 Å². The van der Waals surface area contributed by atoms with Crippen molar-refractivity contribution >= 4 is 28.4 Å². The van der Waals surface area contributed by atoms with Crippen LogP contribution in [0.15, 0.2) is 41.2 Å². The number of ether oxygens (including phenoxy) is 2. The van der Waals surface area contributed by atoms with Crippen LogP contribution in [0.2, 0.25) is 5.02 Å². The zero-order valence-corrected chi connectivity index (χ0v) is 17.4. The van der Waals surface area contributed by atoms with Crippen LogP contribution in [0.5, 0.6) is 11.5 Å². The summed E-state index contributed by atoms with van der Waals surface area (Å²) >= 11 is 6.03. The Labute approximate surface area is 178 Å². The molecule has 0 spiro atoms. The molecule has 0 saturated carbocycles. The van der Waals surface area contributed by atoms with E-state index in [4.69, 9.17) is 21.1 Å². The van der Waals surface area contributed by atoms with Gasteiger partial charge in [0.05, 0.1) is 23.9 Å². The van der Waals surface area contributed by atoms with Gasteiger partial charge in [-0.1, -0.05) is 24.6 Å². The quantitative estimate of drug-likeness (QED) is 0.652. The van der Waals surface area contributed by atoms with Gasteiger partial charge in [-0.2, -0.15) is 0 Å². The summed E-state index contributed by atoms with van der Waals surface area (Å²) in [6.45, 7) is 3.80. The van der Waals surface area contributed by atoms with Crippen molar-refractivity contribution in [2.45, 2.75) is 26.3 Å². The number of rotatable bonds is 6. The molecule has 0 unspecified atom stereocenters. The summed E-state index contributed by atoms with van der Waals surface area (Å²) < 4.78 is 11.1. The average Bonchev–Trinajstić information content (AvgIpc) is 2.73. The summed E-state index contributed by atoms with van der Waals surface area (Å²) in [7, 11) is 0. The van der Waals surface area contributed by atoms with Crippen LogP contribution in [-0.4, -0.2) is 40.5 Å². The molecule has 2 heterocycles. The van der Waals surface area contributed by atoms with Crippen LogP contribution in [0, 0.1) is 0 Å². The second-order valence-electron chi connectivity index (χ2n) is 7.14. The predicted molar refractivity (Wildman–Crippen MR) is 114 cm³/mol. The Morgan fingerprint density at radius 1 is 1.17 bits per heavy atom. The molecule has 0 radical (unpaired) electrons. The zero-order chi connectivity index (χ0) is 21.1. The molecule has 4 rings (SSSR count). The fourth-order valence-electron chi connectivity index (χ4n) is 3.46. The maximum atomic E-state index is 13.0. The molecule has 1 amide bonds. The number of benzene rings is 2. The largest absolute Gasteiger partial charge is 0.486 e. The number of amides is 1. The fraction of sp³-hybridized carbons (Fsp3) is 0.318. The summed E-state index contributed by atoms with van der Waals surface area (Å²) in [6.07, 6.45) is 1.01. The number of H-pyrrole nitrogens is 1. The molecule has 0 fully saturated rings. The highest BCUT2D eigenvalue weighted by Crippen LogP contribution is 2.31. The normalized spacial score (nSPS) is 12.7. The number of hydrogen-bond donors (Lipinski definition) is 1. The number of nitrogens with one attached hydrogen (secondary N) is 1. The van der Waals surface area contributed by atoms with E-state index in [0.717, 1.165) is 12.0 Å². The van der Waals surface area contributed by atoms with Crippen molar-refractivity contribution in [3.63, 3.8) is 0 Å².